The lowest BCUT2D eigenvalue weighted by molar-refractivity contribution is -0.121. The van der Waals surface area contributed by atoms with Crippen LogP contribution in [0.3, 0.4) is 0 Å². The van der Waals surface area contributed by atoms with Gasteiger partial charge in [-0.1, -0.05) is 17.8 Å². The molecule has 160 valence electrons. The van der Waals surface area contributed by atoms with Crippen molar-refractivity contribution in [2.75, 3.05) is 18.4 Å². The van der Waals surface area contributed by atoms with Crippen LogP contribution in [0.15, 0.2) is 75.1 Å². The van der Waals surface area contributed by atoms with Crippen LogP contribution in [-0.4, -0.2) is 29.8 Å². The summed E-state index contributed by atoms with van der Waals surface area (Å²) in [5.74, 6) is 0.160. The molecule has 0 saturated carbocycles. The average molecular weight is 435 g/mol. The molecule has 6 heteroatoms. The number of benzene rings is 2. The number of amides is 2. The lowest BCUT2D eigenvalue weighted by Crippen LogP contribution is -2.41. The number of carbonyl (C=O) groups excluding carboxylic acids is 2. The third-order valence-corrected chi connectivity index (χ3v) is 6.72. The zero-order chi connectivity index (χ0) is 21.8. The molecule has 0 radical (unpaired) electrons. The van der Waals surface area contributed by atoms with Crippen LogP contribution in [0.4, 0.5) is 5.69 Å². The molecule has 1 saturated heterocycles. The van der Waals surface area contributed by atoms with E-state index in [4.69, 9.17) is 4.42 Å². The summed E-state index contributed by atoms with van der Waals surface area (Å²) in [4.78, 5) is 29.1. The Morgan fingerprint density at radius 1 is 0.968 bits per heavy atom. The number of carbonyl (C=O) groups is 2. The number of anilines is 1. The zero-order valence-corrected chi connectivity index (χ0v) is 18.6. The predicted molar refractivity (Wildman–Crippen MR) is 122 cm³/mol. The second-order valence-corrected chi connectivity index (χ2v) is 9.05. The summed E-state index contributed by atoms with van der Waals surface area (Å²) in [5, 5.41) is 3.02. The summed E-state index contributed by atoms with van der Waals surface area (Å²) in [5.41, 5.74) is 3.37. The van der Waals surface area contributed by atoms with Gasteiger partial charge in [-0.05, 0) is 86.3 Å². The predicted octanol–water partition coefficient (Wildman–Crippen LogP) is 5.54. The first kappa shape index (κ1) is 21.2. The van der Waals surface area contributed by atoms with Crippen LogP contribution < -0.4 is 5.32 Å². The Balaban J connectivity index is 1.29. The number of hydrogen-bond donors (Lipinski definition) is 1. The molecule has 0 spiro atoms. The highest BCUT2D eigenvalue weighted by atomic mass is 32.2. The Bertz CT molecular complexity index is 1050. The van der Waals surface area contributed by atoms with E-state index in [0.717, 1.165) is 10.6 Å². The van der Waals surface area contributed by atoms with Gasteiger partial charge in [-0.15, -0.1) is 0 Å². The molecule has 1 aliphatic rings. The molecule has 5 nitrogen and oxygen atoms in total. The first-order valence-electron chi connectivity index (χ1n) is 10.5. The Hall–Kier alpha value is -2.99. The molecule has 1 aromatic heterocycles. The van der Waals surface area contributed by atoms with Crippen molar-refractivity contribution in [1.29, 1.82) is 0 Å². The third kappa shape index (κ3) is 5.20. The molecule has 1 N–H and O–H groups in total. The maximum Gasteiger partial charge on any atom is 0.289 e. The van der Waals surface area contributed by atoms with Gasteiger partial charge in [0.25, 0.3) is 5.91 Å². The normalized spacial score (nSPS) is 14.5. The monoisotopic (exact) mass is 434 g/mol. The largest absolute Gasteiger partial charge is 0.459 e. The smallest absolute Gasteiger partial charge is 0.289 e. The maximum absolute atomic E-state index is 12.7. The molecule has 31 heavy (non-hydrogen) atoms. The first-order chi connectivity index (χ1) is 15.0. The van der Waals surface area contributed by atoms with Crippen molar-refractivity contribution in [2.24, 2.45) is 5.92 Å². The quantitative estimate of drug-likeness (QED) is 0.573. The van der Waals surface area contributed by atoms with Crippen LogP contribution in [-0.2, 0) is 4.79 Å². The van der Waals surface area contributed by atoms with Crippen LogP contribution >= 0.6 is 11.8 Å². The molecule has 0 atom stereocenters. The van der Waals surface area contributed by atoms with Gasteiger partial charge < -0.3 is 14.6 Å². The Labute approximate surface area is 186 Å². The van der Waals surface area contributed by atoms with E-state index in [1.807, 2.05) is 24.3 Å². The molecule has 0 aliphatic carbocycles. The SMILES string of the molecule is Cc1ccc(Sc2ccc(NC(=O)C3CCN(C(=O)c4ccco4)CC3)cc2)cc1C. The summed E-state index contributed by atoms with van der Waals surface area (Å²) in [6.07, 6.45) is 2.80. The number of furan rings is 1. The third-order valence-electron chi connectivity index (χ3n) is 5.72. The minimum atomic E-state index is -0.110. The van der Waals surface area contributed by atoms with Crippen LogP contribution in [0.2, 0.25) is 0 Å². The van der Waals surface area contributed by atoms with Gasteiger partial charge in [0.05, 0.1) is 6.26 Å². The van der Waals surface area contributed by atoms with Gasteiger partial charge in [-0.25, -0.2) is 0 Å². The fourth-order valence-electron chi connectivity index (χ4n) is 3.66. The molecule has 1 fully saturated rings. The molecular formula is C25H26N2O3S. The minimum absolute atomic E-state index is 0.0136. The molecule has 0 bridgehead atoms. The highest BCUT2D eigenvalue weighted by molar-refractivity contribution is 7.99. The summed E-state index contributed by atoms with van der Waals surface area (Å²) >= 11 is 1.71. The van der Waals surface area contributed by atoms with Gasteiger partial charge in [-0.3, -0.25) is 9.59 Å². The van der Waals surface area contributed by atoms with Gasteiger partial charge in [0.15, 0.2) is 5.76 Å². The van der Waals surface area contributed by atoms with E-state index in [1.54, 1.807) is 28.8 Å². The summed E-state index contributed by atoms with van der Waals surface area (Å²) in [6, 6.07) is 17.8. The lowest BCUT2D eigenvalue weighted by atomic mass is 9.95. The number of piperidine rings is 1. The van der Waals surface area contributed by atoms with Gasteiger partial charge in [0, 0.05) is 34.5 Å². The molecule has 1 aliphatic heterocycles. The van der Waals surface area contributed by atoms with Crippen molar-refractivity contribution in [2.45, 2.75) is 36.5 Å². The van der Waals surface area contributed by atoms with Gasteiger partial charge in [-0.2, -0.15) is 0 Å². The van der Waals surface area contributed by atoms with Crippen molar-refractivity contribution < 1.29 is 14.0 Å². The summed E-state index contributed by atoms with van der Waals surface area (Å²) < 4.78 is 5.19. The van der Waals surface area contributed by atoms with Crippen molar-refractivity contribution in [3.63, 3.8) is 0 Å². The molecule has 2 aromatic carbocycles. The van der Waals surface area contributed by atoms with E-state index in [1.165, 1.54) is 22.3 Å². The number of nitrogens with one attached hydrogen (secondary N) is 1. The minimum Gasteiger partial charge on any atom is -0.459 e. The Kier molecular flexibility index (Phi) is 6.47. The van der Waals surface area contributed by atoms with Crippen LogP contribution in [0, 0.1) is 19.8 Å². The highest BCUT2D eigenvalue weighted by Gasteiger charge is 2.28. The number of rotatable bonds is 5. The van der Waals surface area contributed by atoms with Gasteiger partial charge in [0.2, 0.25) is 5.91 Å². The fraction of sp³-hybridized carbons (Fsp3) is 0.280. The molecule has 4 rings (SSSR count). The average Bonchev–Trinajstić information content (AvgIpc) is 3.32. The molecule has 2 amide bonds. The molecule has 3 aromatic rings. The van der Waals surface area contributed by atoms with E-state index in [2.05, 4.69) is 37.4 Å². The molecule has 2 heterocycles. The second-order valence-electron chi connectivity index (χ2n) is 7.91. The lowest BCUT2D eigenvalue weighted by Gasteiger charge is -2.30. The van der Waals surface area contributed by atoms with Crippen LogP contribution in [0.1, 0.15) is 34.5 Å². The van der Waals surface area contributed by atoms with E-state index < -0.39 is 0 Å². The number of likely N-dealkylation sites (tertiary alicyclic amines) is 1. The van der Waals surface area contributed by atoms with E-state index >= 15 is 0 Å². The number of nitrogens with zero attached hydrogens (tertiary/aromatic N) is 1. The van der Waals surface area contributed by atoms with Crippen molar-refractivity contribution in [3.05, 3.63) is 77.7 Å². The fourth-order valence-corrected chi connectivity index (χ4v) is 4.58. The van der Waals surface area contributed by atoms with Crippen molar-refractivity contribution in [1.82, 2.24) is 4.90 Å². The topological polar surface area (TPSA) is 62.6 Å². The maximum atomic E-state index is 12.7. The zero-order valence-electron chi connectivity index (χ0n) is 17.8. The Morgan fingerprint density at radius 2 is 1.68 bits per heavy atom. The second kappa shape index (κ2) is 9.43. The molecular weight excluding hydrogens is 408 g/mol. The number of aryl methyl sites for hydroxylation is 2. The van der Waals surface area contributed by atoms with Crippen molar-refractivity contribution >= 4 is 29.3 Å². The van der Waals surface area contributed by atoms with Gasteiger partial charge in [0.1, 0.15) is 0 Å². The highest BCUT2D eigenvalue weighted by Crippen LogP contribution is 2.30. The number of hydrogen-bond acceptors (Lipinski definition) is 4. The standard InChI is InChI=1S/C25H26N2O3S/c1-17-5-8-22(16-18(17)2)31-21-9-6-20(7-10-21)26-24(28)19-11-13-27(14-12-19)25(29)23-4-3-15-30-23/h3-10,15-16,19H,11-14H2,1-2H3,(H,26,28). The summed E-state index contributed by atoms with van der Waals surface area (Å²) in [6.45, 7) is 5.35. The van der Waals surface area contributed by atoms with Gasteiger partial charge >= 0.3 is 0 Å². The van der Waals surface area contributed by atoms with E-state index in [0.29, 0.717) is 31.7 Å². The van der Waals surface area contributed by atoms with Crippen LogP contribution in [0.5, 0.6) is 0 Å². The molecule has 0 unspecified atom stereocenters. The van der Waals surface area contributed by atoms with Crippen LogP contribution in [0.25, 0.3) is 0 Å². The Morgan fingerprint density at radius 3 is 2.32 bits per heavy atom. The van der Waals surface area contributed by atoms with E-state index in [9.17, 15) is 9.59 Å². The van der Waals surface area contributed by atoms with E-state index in [-0.39, 0.29) is 17.7 Å². The first-order valence-corrected chi connectivity index (χ1v) is 11.3. The summed E-state index contributed by atoms with van der Waals surface area (Å²) in [7, 11) is 0. The van der Waals surface area contributed by atoms with Crippen molar-refractivity contribution in [3.8, 4) is 0 Å².